The zero-order valence-electron chi connectivity index (χ0n) is 9.28. The fourth-order valence-corrected chi connectivity index (χ4v) is 2.00. The van der Waals surface area contributed by atoms with Crippen LogP contribution in [0.4, 0.5) is 13.2 Å². The van der Waals surface area contributed by atoms with Gasteiger partial charge >= 0.3 is 11.5 Å². The second-order valence-corrected chi connectivity index (χ2v) is 4.80. The van der Waals surface area contributed by atoms with E-state index in [-0.39, 0.29) is 29.5 Å². The van der Waals surface area contributed by atoms with Crippen LogP contribution in [0.3, 0.4) is 0 Å². The Morgan fingerprint density at radius 2 is 2.11 bits per heavy atom. The van der Waals surface area contributed by atoms with Crippen molar-refractivity contribution in [1.82, 2.24) is 0 Å². The van der Waals surface area contributed by atoms with Gasteiger partial charge in [-0.05, 0) is 35.9 Å². The lowest BCUT2D eigenvalue weighted by Gasteiger charge is -2.12. The largest absolute Gasteiger partial charge is 0.481 e. The molecule has 0 radical (unpaired) electrons. The fraction of sp³-hybridized carbons (Fsp3) is 0.364. The Labute approximate surface area is 106 Å². The highest BCUT2D eigenvalue weighted by atomic mass is 32.2. The summed E-state index contributed by atoms with van der Waals surface area (Å²) in [6, 6.07) is 5.17. The van der Waals surface area contributed by atoms with Crippen LogP contribution in [-0.4, -0.2) is 16.6 Å². The predicted molar refractivity (Wildman–Crippen MR) is 62.2 cm³/mol. The molecule has 0 spiro atoms. The number of carboxylic acid groups (broad SMARTS) is 1. The number of alkyl halides is 3. The van der Waals surface area contributed by atoms with Crippen molar-refractivity contribution < 1.29 is 23.1 Å². The molecule has 0 saturated carbocycles. The molecule has 1 rings (SSSR count). The van der Waals surface area contributed by atoms with E-state index in [4.69, 9.17) is 10.8 Å². The number of carbonyl (C=O) groups is 1. The van der Waals surface area contributed by atoms with Crippen LogP contribution >= 0.6 is 11.8 Å². The third-order valence-corrected chi connectivity index (χ3v) is 2.91. The number of halogens is 3. The van der Waals surface area contributed by atoms with Gasteiger partial charge in [-0.25, -0.2) is 0 Å². The first kappa shape index (κ1) is 14.8. The van der Waals surface area contributed by atoms with Crippen LogP contribution in [0.15, 0.2) is 29.2 Å². The van der Waals surface area contributed by atoms with Crippen molar-refractivity contribution >= 4 is 17.7 Å². The van der Waals surface area contributed by atoms with Gasteiger partial charge in [-0.3, -0.25) is 4.79 Å². The second-order valence-electron chi connectivity index (χ2n) is 3.66. The molecule has 0 amide bonds. The number of aliphatic carboxylic acids is 1. The molecular formula is C11H12F3NO2S. The summed E-state index contributed by atoms with van der Waals surface area (Å²) < 4.78 is 36.5. The second kappa shape index (κ2) is 6.10. The van der Waals surface area contributed by atoms with Gasteiger partial charge in [-0.15, -0.1) is 0 Å². The topological polar surface area (TPSA) is 63.3 Å². The fourth-order valence-electron chi connectivity index (χ4n) is 1.39. The molecule has 18 heavy (non-hydrogen) atoms. The molecule has 1 atom stereocenters. The number of rotatable bonds is 5. The smallest absolute Gasteiger partial charge is 0.446 e. The quantitative estimate of drug-likeness (QED) is 0.813. The van der Waals surface area contributed by atoms with Gasteiger partial charge in [0.25, 0.3) is 0 Å². The van der Waals surface area contributed by atoms with E-state index in [9.17, 15) is 18.0 Å². The number of nitrogens with two attached hydrogens (primary N) is 1. The molecule has 1 unspecified atom stereocenters. The van der Waals surface area contributed by atoms with Crippen LogP contribution in [0.2, 0.25) is 0 Å². The molecule has 1 aromatic carbocycles. The zero-order chi connectivity index (χ0) is 13.8. The third-order valence-electron chi connectivity index (χ3n) is 2.19. The average molecular weight is 279 g/mol. The minimum atomic E-state index is -4.34. The molecule has 0 aliphatic heterocycles. The predicted octanol–water partition coefficient (Wildman–Crippen LogP) is 3.16. The van der Waals surface area contributed by atoms with Crippen LogP contribution in [0, 0.1) is 0 Å². The Morgan fingerprint density at radius 3 is 2.67 bits per heavy atom. The van der Waals surface area contributed by atoms with E-state index in [1.807, 2.05) is 0 Å². The molecule has 0 fully saturated rings. The number of hydrogen-bond acceptors (Lipinski definition) is 3. The average Bonchev–Trinajstić information content (AvgIpc) is 2.23. The lowest BCUT2D eigenvalue weighted by Crippen LogP contribution is -2.12. The van der Waals surface area contributed by atoms with E-state index in [1.165, 1.54) is 18.2 Å². The van der Waals surface area contributed by atoms with Gasteiger partial charge in [0.2, 0.25) is 0 Å². The maximum Gasteiger partial charge on any atom is 0.446 e. The lowest BCUT2D eigenvalue weighted by atomic mass is 10.0. The normalized spacial score (nSPS) is 13.3. The highest BCUT2D eigenvalue weighted by Gasteiger charge is 2.29. The molecule has 0 heterocycles. The first-order valence-electron chi connectivity index (χ1n) is 5.11. The number of thioether (sulfide) groups is 1. The van der Waals surface area contributed by atoms with E-state index >= 15 is 0 Å². The third kappa shape index (κ3) is 5.42. The number of hydrogen-bond donors (Lipinski definition) is 2. The van der Waals surface area contributed by atoms with Crippen molar-refractivity contribution in [2.24, 2.45) is 5.73 Å². The van der Waals surface area contributed by atoms with Crippen molar-refractivity contribution in [3.8, 4) is 0 Å². The van der Waals surface area contributed by atoms with Gasteiger partial charge in [0.05, 0.1) is 0 Å². The van der Waals surface area contributed by atoms with Crippen LogP contribution in [0.1, 0.15) is 24.4 Å². The van der Waals surface area contributed by atoms with Crippen molar-refractivity contribution in [2.75, 3.05) is 0 Å². The van der Waals surface area contributed by atoms with Crippen molar-refractivity contribution in [2.45, 2.75) is 29.3 Å². The molecule has 1 aromatic rings. The van der Waals surface area contributed by atoms with Crippen LogP contribution in [0.5, 0.6) is 0 Å². The maximum absolute atomic E-state index is 12.2. The monoisotopic (exact) mass is 279 g/mol. The molecule has 0 aliphatic carbocycles. The van der Waals surface area contributed by atoms with Gasteiger partial charge < -0.3 is 10.8 Å². The first-order valence-corrected chi connectivity index (χ1v) is 5.92. The molecule has 0 aromatic heterocycles. The Balaban J connectivity index is 2.72. The van der Waals surface area contributed by atoms with Gasteiger partial charge in [-0.2, -0.15) is 13.2 Å². The van der Waals surface area contributed by atoms with E-state index in [1.54, 1.807) is 6.07 Å². The molecular weight excluding hydrogens is 267 g/mol. The lowest BCUT2D eigenvalue weighted by molar-refractivity contribution is -0.137. The van der Waals surface area contributed by atoms with Crippen LogP contribution in [-0.2, 0) is 4.79 Å². The summed E-state index contributed by atoms with van der Waals surface area (Å²) in [4.78, 5) is 10.4. The summed E-state index contributed by atoms with van der Waals surface area (Å²) >= 11 is -0.215. The number of carboxylic acids is 1. The van der Waals surface area contributed by atoms with E-state index in [0.29, 0.717) is 5.56 Å². The summed E-state index contributed by atoms with van der Waals surface area (Å²) in [5, 5.41) is 8.51. The molecule has 3 N–H and O–H groups in total. The van der Waals surface area contributed by atoms with E-state index in [0.717, 1.165) is 0 Å². The minimum absolute atomic E-state index is 0.0470. The summed E-state index contributed by atoms with van der Waals surface area (Å²) in [5.74, 6) is -0.980. The van der Waals surface area contributed by atoms with Gasteiger partial charge in [-0.1, -0.05) is 12.1 Å². The van der Waals surface area contributed by atoms with Gasteiger partial charge in [0.1, 0.15) is 0 Å². The van der Waals surface area contributed by atoms with Crippen molar-refractivity contribution in [1.29, 1.82) is 0 Å². The molecule has 7 heteroatoms. The molecule has 100 valence electrons. The van der Waals surface area contributed by atoms with Crippen LogP contribution < -0.4 is 5.73 Å². The highest BCUT2D eigenvalue weighted by Crippen LogP contribution is 2.37. The van der Waals surface area contributed by atoms with E-state index < -0.39 is 17.5 Å². The maximum atomic E-state index is 12.2. The standard InChI is InChI=1S/C11H12F3NO2S/c12-11(13,14)18-8-3-1-2-7(6-8)9(15)4-5-10(16)17/h1-3,6,9H,4-5,15H2,(H,16,17). The Bertz CT molecular complexity index is 423. The molecule has 3 nitrogen and oxygen atoms in total. The highest BCUT2D eigenvalue weighted by molar-refractivity contribution is 8.00. The first-order chi connectivity index (χ1) is 8.28. The summed E-state index contributed by atoms with van der Waals surface area (Å²) in [6.45, 7) is 0. The van der Waals surface area contributed by atoms with Crippen LogP contribution in [0.25, 0.3) is 0 Å². The molecule has 0 aliphatic rings. The zero-order valence-corrected chi connectivity index (χ0v) is 10.1. The molecule has 0 bridgehead atoms. The Kier molecular flexibility index (Phi) is 5.03. The summed E-state index contributed by atoms with van der Waals surface area (Å²) in [7, 11) is 0. The molecule has 0 saturated heterocycles. The van der Waals surface area contributed by atoms with E-state index in [2.05, 4.69) is 0 Å². The Morgan fingerprint density at radius 1 is 1.44 bits per heavy atom. The number of benzene rings is 1. The SMILES string of the molecule is NC(CCC(=O)O)c1cccc(SC(F)(F)F)c1. The minimum Gasteiger partial charge on any atom is -0.481 e. The Hall–Kier alpha value is -1.21. The summed E-state index contributed by atoms with van der Waals surface area (Å²) in [6.07, 6.45) is 0.0767. The van der Waals surface area contributed by atoms with Crippen molar-refractivity contribution in [3.63, 3.8) is 0 Å². The van der Waals surface area contributed by atoms with Crippen molar-refractivity contribution in [3.05, 3.63) is 29.8 Å². The van der Waals surface area contributed by atoms with Gasteiger partial charge in [0.15, 0.2) is 0 Å². The summed E-state index contributed by atoms with van der Waals surface area (Å²) in [5.41, 5.74) is 1.88. The van der Waals surface area contributed by atoms with Gasteiger partial charge in [0, 0.05) is 17.4 Å².